The van der Waals surface area contributed by atoms with E-state index in [9.17, 15) is 18.0 Å². The van der Waals surface area contributed by atoms with Crippen molar-refractivity contribution in [2.45, 2.75) is 12.8 Å². The molecule has 0 atom stereocenters. The standard InChI is InChI=1S/C10H5BrF3NO3/c11-7-2-5(3-8(16)17)1-6(4-15)9(7)18-10(12,13)14/h1-2H,3H2,(H,16,17). The molecule has 0 spiro atoms. The van der Waals surface area contributed by atoms with Gasteiger partial charge in [-0.05, 0) is 33.6 Å². The Bertz CT molecular complexity index is 522. The van der Waals surface area contributed by atoms with Crippen molar-refractivity contribution in [3.8, 4) is 11.8 Å². The van der Waals surface area contributed by atoms with Crippen molar-refractivity contribution in [3.05, 3.63) is 27.7 Å². The Hall–Kier alpha value is -1.75. The van der Waals surface area contributed by atoms with E-state index in [1.807, 2.05) is 0 Å². The van der Waals surface area contributed by atoms with Gasteiger partial charge in [-0.2, -0.15) is 5.26 Å². The molecule has 0 fully saturated rings. The lowest BCUT2D eigenvalue weighted by Gasteiger charge is -2.12. The smallest absolute Gasteiger partial charge is 0.481 e. The number of aliphatic carboxylic acids is 1. The highest BCUT2D eigenvalue weighted by molar-refractivity contribution is 9.10. The van der Waals surface area contributed by atoms with E-state index in [4.69, 9.17) is 10.4 Å². The first-order chi connectivity index (χ1) is 8.23. The zero-order valence-electron chi connectivity index (χ0n) is 8.58. The summed E-state index contributed by atoms with van der Waals surface area (Å²) in [4.78, 5) is 10.5. The molecule has 0 aromatic heterocycles. The maximum atomic E-state index is 12.1. The number of nitrogens with zero attached hydrogens (tertiary/aromatic N) is 1. The van der Waals surface area contributed by atoms with Gasteiger partial charge in [0, 0.05) is 0 Å². The average molecular weight is 324 g/mol. The van der Waals surface area contributed by atoms with Crippen molar-refractivity contribution < 1.29 is 27.8 Å². The summed E-state index contributed by atoms with van der Waals surface area (Å²) in [6, 6.07) is 3.73. The number of carboxylic acids is 1. The molecule has 0 aliphatic rings. The van der Waals surface area contributed by atoms with Gasteiger partial charge in [0.05, 0.1) is 16.5 Å². The minimum atomic E-state index is -4.93. The van der Waals surface area contributed by atoms with E-state index in [-0.39, 0.29) is 10.0 Å². The van der Waals surface area contributed by atoms with Gasteiger partial charge in [0.15, 0.2) is 5.75 Å². The van der Waals surface area contributed by atoms with E-state index >= 15 is 0 Å². The first-order valence-corrected chi connectivity index (χ1v) is 5.22. The van der Waals surface area contributed by atoms with Crippen LogP contribution in [-0.4, -0.2) is 17.4 Å². The zero-order valence-corrected chi connectivity index (χ0v) is 10.2. The molecule has 0 unspecified atom stereocenters. The largest absolute Gasteiger partial charge is 0.573 e. The van der Waals surface area contributed by atoms with Crippen molar-refractivity contribution >= 4 is 21.9 Å². The molecule has 1 N–H and O–H groups in total. The number of carbonyl (C=O) groups is 1. The van der Waals surface area contributed by atoms with E-state index < -0.39 is 30.1 Å². The van der Waals surface area contributed by atoms with Gasteiger partial charge in [-0.3, -0.25) is 4.79 Å². The fourth-order valence-corrected chi connectivity index (χ4v) is 1.82. The van der Waals surface area contributed by atoms with Crippen LogP contribution in [-0.2, 0) is 11.2 Å². The van der Waals surface area contributed by atoms with E-state index in [1.165, 1.54) is 6.07 Å². The molecule has 96 valence electrons. The van der Waals surface area contributed by atoms with E-state index in [1.54, 1.807) is 0 Å². The van der Waals surface area contributed by atoms with Crippen LogP contribution < -0.4 is 4.74 Å². The molecule has 8 heteroatoms. The van der Waals surface area contributed by atoms with Crippen molar-refractivity contribution in [2.75, 3.05) is 0 Å². The summed E-state index contributed by atoms with van der Waals surface area (Å²) in [5, 5.41) is 17.3. The Morgan fingerprint density at radius 1 is 1.50 bits per heavy atom. The Morgan fingerprint density at radius 3 is 2.56 bits per heavy atom. The fraction of sp³-hybridized carbons (Fsp3) is 0.200. The van der Waals surface area contributed by atoms with Crippen LogP contribution in [0.2, 0.25) is 0 Å². The molecule has 1 rings (SSSR count). The van der Waals surface area contributed by atoms with E-state index in [0.29, 0.717) is 0 Å². The number of hydrogen-bond donors (Lipinski definition) is 1. The summed E-state index contributed by atoms with van der Waals surface area (Å²) in [6.45, 7) is 0. The number of rotatable bonds is 3. The Morgan fingerprint density at radius 2 is 2.11 bits per heavy atom. The Labute approximate surface area is 108 Å². The number of hydrogen-bond acceptors (Lipinski definition) is 3. The third kappa shape index (κ3) is 3.92. The number of nitriles is 1. The van der Waals surface area contributed by atoms with Crippen molar-refractivity contribution in [1.29, 1.82) is 5.26 Å². The SMILES string of the molecule is N#Cc1cc(CC(=O)O)cc(Br)c1OC(F)(F)F. The molecule has 0 amide bonds. The molecule has 0 aliphatic carbocycles. The van der Waals surface area contributed by atoms with Crippen LogP contribution in [0.25, 0.3) is 0 Å². The van der Waals surface area contributed by atoms with Crippen LogP contribution in [0, 0.1) is 11.3 Å². The monoisotopic (exact) mass is 323 g/mol. The quantitative estimate of drug-likeness (QED) is 0.928. The van der Waals surface area contributed by atoms with Gasteiger partial charge in [-0.15, -0.1) is 13.2 Å². The van der Waals surface area contributed by atoms with Gasteiger partial charge < -0.3 is 9.84 Å². The van der Waals surface area contributed by atoms with Gasteiger partial charge in [-0.25, -0.2) is 0 Å². The minimum Gasteiger partial charge on any atom is -0.481 e. The number of alkyl halides is 3. The molecule has 0 bridgehead atoms. The zero-order chi connectivity index (χ0) is 13.9. The lowest BCUT2D eigenvalue weighted by atomic mass is 10.1. The van der Waals surface area contributed by atoms with E-state index in [2.05, 4.69) is 20.7 Å². The molecule has 18 heavy (non-hydrogen) atoms. The maximum absolute atomic E-state index is 12.1. The van der Waals surface area contributed by atoms with Gasteiger partial charge in [-0.1, -0.05) is 0 Å². The predicted molar refractivity (Wildman–Crippen MR) is 56.9 cm³/mol. The Kier molecular flexibility index (Phi) is 4.19. The van der Waals surface area contributed by atoms with Gasteiger partial charge in [0.25, 0.3) is 0 Å². The lowest BCUT2D eigenvalue weighted by molar-refractivity contribution is -0.275. The molecular weight excluding hydrogens is 319 g/mol. The highest BCUT2D eigenvalue weighted by Gasteiger charge is 2.33. The lowest BCUT2D eigenvalue weighted by Crippen LogP contribution is -2.18. The average Bonchev–Trinajstić information content (AvgIpc) is 2.19. The van der Waals surface area contributed by atoms with E-state index in [0.717, 1.165) is 12.1 Å². The van der Waals surface area contributed by atoms with Crippen LogP contribution in [0.1, 0.15) is 11.1 Å². The number of benzene rings is 1. The third-order valence-corrected chi connectivity index (χ3v) is 2.39. The fourth-order valence-electron chi connectivity index (χ4n) is 1.23. The number of carboxylic acid groups (broad SMARTS) is 1. The normalized spacial score (nSPS) is 10.8. The second-order valence-electron chi connectivity index (χ2n) is 3.18. The molecular formula is C10H5BrF3NO3. The van der Waals surface area contributed by atoms with Crippen LogP contribution >= 0.6 is 15.9 Å². The van der Waals surface area contributed by atoms with Gasteiger partial charge in [0.1, 0.15) is 6.07 Å². The van der Waals surface area contributed by atoms with Crippen LogP contribution in [0.4, 0.5) is 13.2 Å². The summed E-state index contributed by atoms with van der Waals surface area (Å²) in [5.74, 6) is -1.84. The highest BCUT2D eigenvalue weighted by Crippen LogP contribution is 2.34. The third-order valence-electron chi connectivity index (χ3n) is 1.80. The molecule has 0 heterocycles. The van der Waals surface area contributed by atoms with Gasteiger partial charge >= 0.3 is 12.3 Å². The van der Waals surface area contributed by atoms with Crippen molar-refractivity contribution in [3.63, 3.8) is 0 Å². The highest BCUT2D eigenvalue weighted by atomic mass is 79.9. The molecule has 0 aliphatic heterocycles. The number of halogens is 4. The van der Waals surface area contributed by atoms with Crippen molar-refractivity contribution in [1.82, 2.24) is 0 Å². The molecule has 1 aromatic rings. The first kappa shape index (κ1) is 14.3. The topological polar surface area (TPSA) is 70.3 Å². The molecule has 0 saturated heterocycles. The molecule has 1 aromatic carbocycles. The Balaban J connectivity index is 3.21. The summed E-state index contributed by atoms with van der Waals surface area (Å²) in [6.07, 6.45) is -5.33. The van der Waals surface area contributed by atoms with Crippen LogP contribution in [0.3, 0.4) is 0 Å². The predicted octanol–water partition coefficient (Wildman–Crippen LogP) is 2.85. The summed E-state index contributed by atoms with van der Waals surface area (Å²) in [5.41, 5.74) is -0.196. The second kappa shape index (κ2) is 5.27. The number of ether oxygens (including phenoxy) is 1. The van der Waals surface area contributed by atoms with Crippen LogP contribution in [0.15, 0.2) is 16.6 Å². The van der Waals surface area contributed by atoms with Crippen molar-refractivity contribution in [2.24, 2.45) is 0 Å². The van der Waals surface area contributed by atoms with Crippen LogP contribution in [0.5, 0.6) is 5.75 Å². The summed E-state index contributed by atoms with van der Waals surface area (Å²) < 4.78 is 39.9. The molecule has 0 radical (unpaired) electrons. The minimum absolute atomic E-state index is 0.130. The summed E-state index contributed by atoms with van der Waals surface area (Å²) >= 11 is 2.81. The second-order valence-corrected chi connectivity index (χ2v) is 4.04. The first-order valence-electron chi connectivity index (χ1n) is 4.43. The molecule has 4 nitrogen and oxygen atoms in total. The summed E-state index contributed by atoms with van der Waals surface area (Å²) in [7, 11) is 0. The van der Waals surface area contributed by atoms with Gasteiger partial charge in [0.2, 0.25) is 0 Å². The molecule has 0 saturated carbocycles. The maximum Gasteiger partial charge on any atom is 0.573 e.